The fourth-order valence-corrected chi connectivity index (χ4v) is 4.23. The van der Waals surface area contributed by atoms with Gasteiger partial charge in [-0.1, -0.05) is 23.7 Å². The van der Waals surface area contributed by atoms with Crippen LogP contribution in [0.4, 0.5) is 0 Å². The van der Waals surface area contributed by atoms with Crippen molar-refractivity contribution in [3.8, 4) is 11.1 Å². The number of aromatic nitrogens is 2. The van der Waals surface area contributed by atoms with E-state index in [1.807, 2.05) is 6.07 Å². The van der Waals surface area contributed by atoms with Crippen molar-refractivity contribution in [2.45, 2.75) is 11.8 Å². The number of pyridine rings is 1. The molecule has 0 fully saturated rings. The fourth-order valence-electron chi connectivity index (χ4n) is 3.29. The molecular weight excluding hydrogens is 386 g/mol. The minimum absolute atomic E-state index is 0.134. The summed E-state index contributed by atoms with van der Waals surface area (Å²) < 4.78 is 26.7. The second-order valence-corrected chi connectivity index (χ2v) is 8.58. The highest BCUT2D eigenvalue weighted by Gasteiger charge is 2.18. The Hall–Kier alpha value is -2.61. The summed E-state index contributed by atoms with van der Waals surface area (Å²) in [7, 11) is -2.24. The number of H-pyrrole nitrogens is 2. The smallest absolute Gasteiger partial charge is 0.252 e. The Kier molecular flexibility index (Phi) is 4.10. The lowest BCUT2D eigenvalue weighted by atomic mass is 10.0. The van der Waals surface area contributed by atoms with Crippen molar-refractivity contribution in [1.29, 1.82) is 0 Å². The van der Waals surface area contributed by atoms with Gasteiger partial charge in [-0.05, 0) is 49.9 Å². The summed E-state index contributed by atoms with van der Waals surface area (Å²) >= 11 is 6.11. The first-order chi connectivity index (χ1) is 12.8. The summed E-state index contributed by atoms with van der Waals surface area (Å²) in [4.78, 5) is 18.9. The van der Waals surface area contributed by atoms with Gasteiger partial charge < -0.3 is 9.97 Å². The number of nitrogens with one attached hydrogen (secondary N) is 3. The summed E-state index contributed by atoms with van der Waals surface area (Å²) in [5.41, 5.74) is 3.76. The SMILES string of the molecule is CNS(=O)(=O)c1cccc(-c2c(C)c(=O)[nH]c3c2[nH]c2ccc(Cl)cc23)c1. The van der Waals surface area contributed by atoms with Gasteiger partial charge in [0.15, 0.2) is 0 Å². The molecule has 3 N–H and O–H groups in total. The molecule has 4 aromatic rings. The highest BCUT2D eigenvalue weighted by molar-refractivity contribution is 7.89. The molecule has 2 aromatic carbocycles. The van der Waals surface area contributed by atoms with Crippen molar-refractivity contribution < 1.29 is 8.42 Å². The number of fused-ring (bicyclic) bond motifs is 3. The maximum absolute atomic E-state index is 12.6. The largest absolute Gasteiger partial charge is 0.353 e. The predicted octanol–water partition coefficient (Wildman–Crippen LogP) is 3.55. The van der Waals surface area contributed by atoms with Gasteiger partial charge >= 0.3 is 0 Å². The first-order valence-electron chi connectivity index (χ1n) is 8.19. The van der Waals surface area contributed by atoms with Gasteiger partial charge in [0.1, 0.15) is 0 Å². The quantitative estimate of drug-likeness (QED) is 0.490. The molecule has 27 heavy (non-hydrogen) atoms. The summed E-state index contributed by atoms with van der Waals surface area (Å²) in [6, 6.07) is 11.9. The van der Waals surface area contributed by atoms with Crippen LogP contribution in [-0.2, 0) is 10.0 Å². The van der Waals surface area contributed by atoms with Crippen molar-refractivity contribution in [2.75, 3.05) is 7.05 Å². The van der Waals surface area contributed by atoms with E-state index in [0.717, 1.165) is 16.4 Å². The average Bonchev–Trinajstić information content (AvgIpc) is 3.00. The molecule has 138 valence electrons. The van der Waals surface area contributed by atoms with E-state index < -0.39 is 10.0 Å². The van der Waals surface area contributed by atoms with E-state index in [1.54, 1.807) is 37.3 Å². The third-order valence-electron chi connectivity index (χ3n) is 4.67. The van der Waals surface area contributed by atoms with E-state index in [4.69, 9.17) is 11.6 Å². The van der Waals surface area contributed by atoms with Crippen LogP contribution in [-0.4, -0.2) is 25.4 Å². The molecule has 0 radical (unpaired) electrons. The standard InChI is InChI=1S/C19H16ClN3O3S/c1-10-16(11-4-3-5-13(8-11)27(25,26)21-2)18-17(23-19(10)24)14-9-12(20)6-7-15(14)22-18/h3-9,21-22H,1-2H3,(H,23,24). The molecule has 4 rings (SSSR count). The molecule has 0 aliphatic rings. The average molecular weight is 402 g/mol. The zero-order valence-electron chi connectivity index (χ0n) is 14.6. The molecule has 2 aromatic heterocycles. The van der Waals surface area contributed by atoms with Gasteiger partial charge in [0.05, 0.1) is 15.9 Å². The maximum Gasteiger partial charge on any atom is 0.252 e. The van der Waals surface area contributed by atoms with E-state index in [9.17, 15) is 13.2 Å². The van der Waals surface area contributed by atoms with Crippen LogP contribution >= 0.6 is 11.6 Å². The van der Waals surface area contributed by atoms with E-state index in [1.165, 1.54) is 13.1 Å². The summed E-state index contributed by atoms with van der Waals surface area (Å²) in [6.45, 7) is 1.71. The number of hydrogen-bond donors (Lipinski definition) is 3. The second-order valence-electron chi connectivity index (χ2n) is 6.25. The monoisotopic (exact) mass is 401 g/mol. The van der Waals surface area contributed by atoms with Crippen molar-refractivity contribution >= 4 is 43.6 Å². The van der Waals surface area contributed by atoms with Crippen LogP contribution in [0, 0.1) is 6.92 Å². The van der Waals surface area contributed by atoms with Crippen molar-refractivity contribution in [1.82, 2.24) is 14.7 Å². The van der Waals surface area contributed by atoms with Crippen LogP contribution in [0.1, 0.15) is 5.56 Å². The van der Waals surface area contributed by atoms with Gasteiger partial charge in [-0.15, -0.1) is 0 Å². The van der Waals surface area contributed by atoms with Crippen molar-refractivity contribution in [3.63, 3.8) is 0 Å². The number of sulfonamides is 1. The van der Waals surface area contributed by atoms with Gasteiger partial charge in [-0.25, -0.2) is 13.1 Å². The molecule has 0 saturated heterocycles. The Bertz CT molecular complexity index is 1370. The van der Waals surface area contributed by atoms with Gasteiger partial charge in [0.2, 0.25) is 10.0 Å². The first kappa shape index (κ1) is 17.8. The Morgan fingerprint density at radius 2 is 1.81 bits per heavy atom. The number of aromatic amines is 2. The zero-order valence-corrected chi connectivity index (χ0v) is 16.1. The third kappa shape index (κ3) is 2.84. The van der Waals surface area contributed by atoms with Gasteiger partial charge in [0.25, 0.3) is 5.56 Å². The predicted molar refractivity (Wildman–Crippen MR) is 108 cm³/mol. The van der Waals surface area contributed by atoms with E-state index in [2.05, 4.69) is 14.7 Å². The normalized spacial score (nSPS) is 12.1. The Morgan fingerprint density at radius 3 is 2.56 bits per heavy atom. The molecule has 0 aliphatic carbocycles. The molecule has 0 amide bonds. The van der Waals surface area contributed by atoms with Gasteiger partial charge in [0, 0.05) is 27.1 Å². The highest BCUT2D eigenvalue weighted by atomic mass is 35.5. The summed E-state index contributed by atoms with van der Waals surface area (Å²) in [5, 5.41) is 1.36. The van der Waals surface area contributed by atoms with Gasteiger partial charge in [-0.3, -0.25) is 4.79 Å². The van der Waals surface area contributed by atoms with Crippen molar-refractivity contribution in [2.24, 2.45) is 0 Å². The minimum Gasteiger partial charge on any atom is -0.353 e. The van der Waals surface area contributed by atoms with Crippen LogP contribution in [0.2, 0.25) is 5.02 Å². The van der Waals surface area contributed by atoms with E-state index >= 15 is 0 Å². The maximum atomic E-state index is 12.6. The number of halogens is 1. The topological polar surface area (TPSA) is 94.8 Å². The molecular formula is C19H16ClN3O3S. The summed E-state index contributed by atoms with van der Waals surface area (Å²) in [5.74, 6) is 0. The molecule has 0 aliphatic heterocycles. The Balaban J connectivity index is 2.11. The molecule has 0 saturated carbocycles. The molecule has 0 spiro atoms. The number of hydrogen-bond acceptors (Lipinski definition) is 3. The van der Waals surface area contributed by atoms with E-state index in [0.29, 0.717) is 27.2 Å². The lowest BCUT2D eigenvalue weighted by Crippen LogP contribution is -2.18. The first-order valence-corrected chi connectivity index (χ1v) is 10.1. The Morgan fingerprint density at radius 1 is 1.04 bits per heavy atom. The second kappa shape index (κ2) is 6.23. The van der Waals surface area contributed by atoms with Crippen LogP contribution < -0.4 is 10.3 Å². The molecule has 2 heterocycles. The molecule has 6 nitrogen and oxygen atoms in total. The minimum atomic E-state index is -3.60. The number of rotatable bonds is 3. The molecule has 0 atom stereocenters. The fraction of sp³-hybridized carbons (Fsp3) is 0.105. The van der Waals surface area contributed by atoms with Crippen LogP contribution in [0.25, 0.3) is 33.1 Å². The highest BCUT2D eigenvalue weighted by Crippen LogP contribution is 2.34. The van der Waals surface area contributed by atoms with Crippen LogP contribution in [0.15, 0.2) is 52.2 Å². The van der Waals surface area contributed by atoms with Crippen LogP contribution in [0.5, 0.6) is 0 Å². The third-order valence-corrected chi connectivity index (χ3v) is 6.31. The lowest BCUT2D eigenvalue weighted by molar-refractivity contribution is 0.588. The Labute approximate surface area is 160 Å². The molecule has 8 heteroatoms. The molecule has 0 unspecified atom stereocenters. The van der Waals surface area contributed by atoms with Gasteiger partial charge in [-0.2, -0.15) is 0 Å². The zero-order chi connectivity index (χ0) is 19.3. The lowest BCUT2D eigenvalue weighted by Gasteiger charge is -2.10. The van der Waals surface area contributed by atoms with Crippen molar-refractivity contribution in [3.05, 3.63) is 63.4 Å². The number of benzene rings is 2. The molecule has 0 bridgehead atoms. The summed E-state index contributed by atoms with van der Waals surface area (Å²) in [6.07, 6.45) is 0. The van der Waals surface area contributed by atoms with Crippen LogP contribution in [0.3, 0.4) is 0 Å². The van der Waals surface area contributed by atoms with E-state index in [-0.39, 0.29) is 10.5 Å².